The predicted octanol–water partition coefficient (Wildman–Crippen LogP) is 2.73. The first-order chi connectivity index (χ1) is 7.83. The molecule has 0 aliphatic heterocycles. The molecule has 2 nitrogen and oxygen atoms in total. The molecule has 0 radical (unpaired) electrons. The zero-order valence-corrected chi connectivity index (χ0v) is 9.26. The number of rotatable bonds is 2. The van der Waals surface area contributed by atoms with Crippen molar-refractivity contribution in [2.45, 2.75) is 31.6 Å². The van der Waals surface area contributed by atoms with Gasteiger partial charge in [0.25, 0.3) is 0 Å². The highest BCUT2D eigenvalue weighted by atomic mass is 16.1. The van der Waals surface area contributed by atoms with Crippen molar-refractivity contribution in [3.63, 3.8) is 0 Å². The molecule has 84 valence electrons. The second kappa shape index (κ2) is 5.06. The molecule has 2 rings (SSSR count). The van der Waals surface area contributed by atoms with Crippen LogP contribution in [0.4, 0.5) is 0 Å². The van der Waals surface area contributed by atoms with Gasteiger partial charge in [0.1, 0.15) is 12.1 Å². The largest absolute Gasteiger partial charge is 0.303 e. The summed E-state index contributed by atoms with van der Waals surface area (Å²) in [4.78, 5) is 23.0. The van der Waals surface area contributed by atoms with Crippen molar-refractivity contribution in [2.75, 3.05) is 0 Å². The van der Waals surface area contributed by atoms with Gasteiger partial charge in [-0.1, -0.05) is 43.2 Å². The standard InChI is InChI=1S/C14H16O2/c15-10-12-8-4-5-9-13(14(12)16)11-6-2-1-3-7-11/h1-3,6-7,10,12-13H,4-5,8-9H2. The Morgan fingerprint density at radius 2 is 1.75 bits per heavy atom. The van der Waals surface area contributed by atoms with Gasteiger partial charge in [-0.15, -0.1) is 0 Å². The summed E-state index contributed by atoms with van der Waals surface area (Å²) in [5.74, 6) is -0.342. The third-order valence-corrected chi connectivity index (χ3v) is 3.33. The van der Waals surface area contributed by atoms with Gasteiger partial charge in [0.05, 0.1) is 5.92 Å². The lowest BCUT2D eigenvalue weighted by Gasteiger charge is -2.15. The van der Waals surface area contributed by atoms with Crippen LogP contribution in [0, 0.1) is 5.92 Å². The normalized spacial score (nSPS) is 26.1. The number of carbonyl (C=O) groups is 2. The highest BCUT2D eigenvalue weighted by Crippen LogP contribution is 2.31. The van der Waals surface area contributed by atoms with Crippen LogP contribution in [0.15, 0.2) is 30.3 Å². The van der Waals surface area contributed by atoms with Crippen LogP contribution >= 0.6 is 0 Å². The Balaban J connectivity index is 2.25. The molecule has 0 amide bonds. The van der Waals surface area contributed by atoms with Gasteiger partial charge in [0.15, 0.2) is 0 Å². The summed E-state index contributed by atoms with van der Waals surface area (Å²) in [7, 11) is 0. The fourth-order valence-electron chi connectivity index (χ4n) is 2.41. The summed E-state index contributed by atoms with van der Waals surface area (Å²) in [6, 6.07) is 9.81. The second-order valence-electron chi connectivity index (χ2n) is 4.39. The zero-order valence-electron chi connectivity index (χ0n) is 9.26. The lowest BCUT2D eigenvalue weighted by Crippen LogP contribution is -2.21. The van der Waals surface area contributed by atoms with Crippen LogP contribution in [0.2, 0.25) is 0 Å². The zero-order chi connectivity index (χ0) is 11.4. The Labute approximate surface area is 95.7 Å². The van der Waals surface area contributed by atoms with Gasteiger partial charge < -0.3 is 4.79 Å². The maximum Gasteiger partial charge on any atom is 0.150 e. The maximum atomic E-state index is 12.1. The van der Waals surface area contributed by atoms with Crippen LogP contribution in [0.25, 0.3) is 0 Å². The fraction of sp³-hybridized carbons (Fsp3) is 0.429. The summed E-state index contributed by atoms with van der Waals surface area (Å²) in [6.07, 6.45) is 4.45. The summed E-state index contributed by atoms with van der Waals surface area (Å²) >= 11 is 0. The molecule has 0 spiro atoms. The van der Waals surface area contributed by atoms with E-state index in [0.717, 1.165) is 37.5 Å². The van der Waals surface area contributed by atoms with E-state index in [-0.39, 0.29) is 17.6 Å². The lowest BCUT2D eigenvalue weighted by atomic mass is 9.87. The van der Waals surface area contributed by atoms with Crippen LogP contribution in [0.3, 0.4) is 0 Å². The van der Waals surface area contributed by atoms with Crippen LogP contribution in [0.1, 0.15) is 37.2 Å². The maximum absolute atomic E-state index is 12.1. The highest BCUT2D eigenvalue weighted by molar-refractivity contribution is 5.97. The van der Waals surface area contributed by atoms with Crippen LogP contribution in [-0.2, 0) is 9.59 Å². The summed E-state index contributed by atoms with van der Waals surface area (Å²) in [5.41, 5.74) is 1.06. The van der Waals surface area contributed by atoms with E-state index in [4.69, 9.17) is 0 Å². The molecule has 0 saturated heterocycles. The third-order valence-electron chi connectivity index (χ3n) is 3.33. The van der Waals surface area contributed by atoms with Gasteiger partial charge in [-0.25, -0.2) is 0 Å². The van der Waals surface area contributed by atoms with Crippen molar-refractivity contribution in [1.29, 1.82) is 0 Å². The molecule has 1 aliphatic rings. The van der Waals surface area contributed by atoms with Gasteiger partial charge in [0, 0.05) is 5.92 Å². The highest BCUT2D eigenvalue weighted by Gasteiger charge is 2.29. The minimum atomic E-state index is -0.382. The van der Waals surface area contributed by atoms with Crippen molar-refractivity contribution in [3.05, 3.63) is 35.9 Å². The van der Waals surface area contributed by atoms with E-state index < -0.39 is 0 Å². The molecule has 2 heteroatoms. The van der Waals surface area contributed by atoms with E-state index >= 15 is 0 Å². The third kappa shape index (κ3) is 2.21. The average Bonchev–Trinajstić information content (AvgIpc) is 2.52. The van der Waals surface area contributed by atoms with Gasteiger partial charge in [-0.3, -0.25) is 4.79 Å². The summed E-state index contributed by atoms with van der Waals surface area (Å²) < 4.78 is 0. The minimum Gasteiger partial charge on any atom is -0.303 e. The van der Waals surface area contributed by atoms with E-state index in [1.54, 1.807) is 0 Å². The van der Waals surface area contributed by atoms with Crippen molar-refractivity contribution in [2.24, 2.45) is 5.92 Å². The van der Waals surface area contributed by atoms with Gasteiger partial charge in [0.2, 0.25) is 0 Å². The van der Waals surface area contributed by atoms with Crippen molar-refractivity contribution < 1.29 is 9.59 Å². The van der Waals surface area contributed by atoms with Crippen molar-refractivity contribution in [3.8, 4) is 0 Å². The molecule has 16 heavy (non-hydrogen) atoms. The Morgan fingerprint density at radius 3 is 2.44 bits per heavy atom. The molecule has 1 aromatic rings. The Morgan fingerprint density at radius 1 is 1.06 bits per heavy atom. The molecule has 1 aliphatic carbocycles. The first-order valence-electron chi connectivity index (χ1n) is 5.87. The number of aldehydes is 1. The molecule has 2 atom stereocenters. The quantitative estimate of drug-likeness (QED) is 0.433. The molecule has 0 heterocycles. The first-order valence-corrected chi connectivity index (χ1v) is 5.87. The second-order valence-corrected chi connectivity index (χ2v) is 4.39. The molecular formula is C14H16O2. The molecule has 0 aromatic heterocycles. The monoisotopic (exact) mass is 216 g/mol. The lowest BCUT2D eigenvalue weighted by molar-refractivity contribution is -0.128. The SMILES string of the molecule is O=CC1CCCCC(c2ccccc2)C1=O. The van der Waals surface area contributed by atoms with Crippen LogP contribution in [-0.4, -0.2) is 12.1 Å². The molecule has 1 aromatic carbocycles. The molecular weight excluding hydrogens is 200 g/mol. The van der Waals surface area contributed by atoms with E-state index in [9.17, 15) is 9.59 Å². The molecule has 0 N–H and O–H groups in total. The molecule has 2 unspecified atom stereocenters. The minimum absolute atomic E-state index is 0.0705. The summed E-state index contributed by atoms with van der Waals surface area (Å²) in [6.45, 7) is 0. The number of hydrogen-bond acceptors (Lipinski definition) is 2. The first kappa shape index (κ1) is 11.1. The Kier molecular flexibility index (Phi) is 3.50. The fourth-order valence-corrected chi connectivity index (χ4v) is 2.41. The van der Waals surface area contributed by atoms with E-state index in [1.807, 2.05) is 30.3 Å². The number of hydrogen-bond donors (Lipinski definition) is 0. The number of ketones is 1. The molecule has 1 fully saturated rings. The van der Waals surface area contributed by atoms with Crippen LogP contribution < -0.4 is 0 Å². The topological polar surface area (TPSA) is 34.1 Å². The van der Waals surface area contributed by atoms with Gasteiger partial charge in [-0.05, 0) is 18.4 Å². The Bertz CT molecular complexity index is 370. The summed E-state index contributed by atoms with van der Waals surface area (Å²) in [5, 5.41) is 0. The molecule has 1 saturated carbocycles. The van der Waals surface area contributed by atoms with Crippen molar-refractivity contribution >= 4 is 12.1 Å². The van der Waals surface area contributed by atoms with E-state index in [1.165, 1.54) is 0 Å². The number of carbonyl (C=O) groups excluding carboxylic acids is 2. The van der Waals surface area contributed by atoms with Crippen molar-refractivity contribution in [1.82, 2.24) is 0 Å². The number of benzene rings is 1. The van der Waals surface area contributed by atoms with Crippen LogP contribution in [0.5, 0.6) is 0 Å². The predicted molar refractivity (Wildman–Crippen MR) is 62.2 cm³/mol. The number of Topliss-reactive ketones (excluding diaryl/α,β-unsaturated/α-hetero) is 1. The van der Waals surface area contributed by atoms with E-state index in [0.29, 0.717) is 0 Å². The van der Waals surface area contributed by atoms with Gasteiger partial charge in [-0.2, -0.15) is 0 Å². The smallest absolute Gasteiger partial charge is 0.150 e. The molecule has 0 bridgehead atoms. The average molecular weight is 216 g/mol. The van der Waals surface area contributed by atoms with Gasteiger partial charge >= 0.3 is 0 Å². The van der Waals surface area contributed by atoms with E-state index in [2.05, 4.69) is 0 Å². The Hall–Kier alpha value is -1.44.